The van der Waals surface area contributed by atoms with Crippen molar-refractivity contribution in [1.82, 2.24) is 15.5 Å². The van der Waals surface area contributed by atoms with E-state index in [1.807, 2.05) is 0 Å². The monoisotopic (exact) mass is 473 g/mol. The van der Waals surface area contributed by atoms with Gasteiger partial charge in [-0.3, -0.25) is 14.4 Å². The third-order valence-electron chi connectivity index (χ3n) is 5.11. The van der Waals surface area contributed by atoms with Gasteiger partial charge < -0.3 is 25.4 Å². The number of nitrogens with zero attached hydrogens (tertiary/aromatic N) is 1. The Morgan fingerprint density at radius 2 is 1.91 bits per heavy atom. The molecule has 178 valence electrons. The van der Waals surface area contributed by atoms with E-state index in [1.54, 1.807) is 0 Å². The van der Waals surface area contributed by atoms with Crippen molar-refractivity contribution < 1.29 is 37.8 Å². The van der Waals surface area contributed by atoms with Crippen LogP contribution in [-0.4, -0.2) is 53.9 Å². The van der Waals surface area contributed by atoms with Gasteiger partial charge in [-0.05, 0) is 41.5 Å². The zero-order valence-electron chi connectivity index (χ0n) is 18.2. The van der Waals surface area contributed by atoms with E-state index in [2.05, 4.69) is 10.6 Å². The molecule has 1 aliphatic heterocycles. The molecule has 3 N–H and O–H groups in total. The number of halogens is 2. The molecule has 0 radical (unpaired) electrons. The van der Waals surface area contributed by atoms with Crippen LogP contribution in [0.25, 0.3) is 11.1 Å². The van der Waals surface area contributed by atoms with E-state index in [0.29, 0.717) is 6.07 Å². The van der Waals surface area contributed by atoms with E-state index in [0.717, 1.165) is 17.0 Å². The van der Waals surface area contributed by atoms with Crippen molar-refractivity contribution in [3.63, 3.8) is 0 Å². The first kappa shape index (κ1) is 24.4. The molecule has 1 aliphatic rings. The van der Waals surface area contributed by atoms with Gasteiger partial charge in [-0.1, -0.05) is 0 Å². The third-order valence-corrected chi connectivity index (χ3v) is 5.11. The molecule has 0 aliphatic carbocycles. The van der Waals surface area contributed by atoms with Crippen molar-refractivity contribution in [3.8, 4) is 16.9 Å². The topological polar surface area (TPSA) is 125 Å². The second-order valence-electron chi connectivity index (χ2n) is 7.49. The van der Waals surface area contributed by atoms with Crippen LogP contribution in [0.4, 0.5) is 13.6 Å². The number of urea groups is 1. The van der Waals surface area contributed by atoms with Crippen molar-refractivity contribution in [2.45, 2.75) is 18.5 Å². The summed E-state index contributed by atoms with van der Waals surface area (Å²) >= 11 is 0. The first-order valence-electron chi connectivity index (χ1n) is 10.0. The summed E-state index contributed by atoms with van der Waals surface area (Å²) in [5, 5.41) is 14.0. The van der Waals surface area contributed by atoms with Crippen LogP contribution in [0.1, 0.15) is 18.0 Å². The molecule has 2 aromatic rings. The molecular formula is C23H21F2N3O6. The predicted molar refractivity (Wildman–Crippen MR) is 116 cm³/mol. The second-order valence-corrected chi connectivity index (χ2v) is 7.49. The highest BCUT2D eigenvalue weighted by molar-refractivity contribution is 6.14. The van der Waals surface area contributed by atoms with Crippen molar-refractivity contribution in [2.24, 2.45) is 0 Å². The number of aliphatic carboxylic acids is 1. The smallest absolute Gasteiger partial charge is 0.316 e. The fraction of sp³-hybridized carbons (Fsp3) is 0.217. The van der Waals surface area contributed by atoms with Crippen LogP contribution in [-0.2, 0) is 14.4 Å². The average Bonchev–Trinajstić information content (AvgIpc) is 2.78. The lowest BCUT2D eigenvalue weighted by Gasteiger charge is -2.25. The molecule has 2 atom stereocenters. The van der Waals surface area contributed by atoms with Crippen LogP contribution in [0.5, 0.6) is 5.75 Å². The molecule has 11 heteroatoms. The summed E-state index contributed by atoms with van der Waals surface area (Å²) in [5.41, 5.74) is 0.538. The molecule has 3 amide bonds. The highest BCUT2D eigenvalue weighted by Crippen LogP contribution is 2.31. The maximum absolute atomic E-state index is 14.4. The highest BCUT2D eigenvalue weighted by atomic mass is 19.1. The summed E-state index contributed by atoms with van der Waals surface area (Å²) in [6.07, 6.45) is 1.82. The summed E-state index contributed by atoms with van der Waals surface area (Å²) in [7, 11) is 2.76. The largest absolute Gasteiger partial charge is 0.497 e. The van der Waals surface area contributed by atoms with Gasteiger partial charge in [-0.15, -0.1) is 0 Å². The van der Waals surface area contributed by atoms with Crippen molar-refractivity contribution in [1.29, 1.82) is 0 Å². The number of nitrogens with one attached hydrogen (secondary N) is 2. The normalized spacial score (nSPS) is 16.2. The number of hydrogen-bond donors (Lipinski definition) is 3. The first-order valence-corrected chi connectivity index (χ1v) is 10.0. The van der Waals surface area contributed by atoms with Gasteiger partial charge in [-0.2, -0.15) is 0 Å². The first-order chi connectivity index (χ1) is 16.1. The van der Waals surface area contributed by atoms with Crippen LogP contribution >= 0.6 is 0 Å². The molecule has 2 unspecified atom stereocenters. The van der Waals surface area contributed by atoms with Crippen LogP contribution in [0.2, 0.25) is 0 Å². The Kier molecular flexibility index (Phi) is 7.24. The number of carbonyl (C=O) groups excluding carboxylic acids is 3. The Labute approximate surface area is 193 Å². The lowest BCUT2D eigenvalue weighted by Crippen LogP contribution is -2.55. The third kappa shape index (κ3) is 5.55. The molecular weight excluding hydrogens is 452 g/mol. The number of carboxylic acids is 1. The van der Waals surface area contributed by atoms with Gasteiger partial charge in [0.25, 0.3) is 5.91 Å². The number of likely N-dealkylation sites (N-methyl/N-ethyl adjacent to an activating group) is 1. The minimum Gasteiger partial charge on any atom is -0.497 e. The zero-order chi connectivity index (χ0) is 25.0. The maximum Gasteiger partial charge on any atom is 0.316 e. The molecule has 0 aromatic heterocycles. The lowest BCUT2D eigenvalue weighted by molar-refractivity contribution is -0.138. The molecule has 0 saturated heterocycles. The quantitative estimate of drug-likeness (QED) is 0.531. The number of carbonyl (C=O) groups is 4. The fourth-order valence-corrected chi connectivity index (χ4v) is 3.39. The van der Waals surface area contributed by atoms with Crippen LogP contribution in [0.3, 0.4) is 0 Å². The number of amides is 3. The lowest BCUT2D eigenvalue weighted by atomic mass is 9.97. The minimum absolute atomic E-state index is 0.0355. The molecule has 34 heavy (non-hydrogen) atoms. The van der Waals surface area contributed by atoms with Crippen molar-refractivity contribution >= 4 is 23.7 Å². The molecule has 0 saturated carbocycles. The number of methoxy groups -OCH3 is 1. The van der Waals surface area contributed by atoms with E-state index in [9.17, 15) is 33.1 Å². The number of carboxylic acid groups (broad SMARTS) is 1. The number of ether oxygens (including phenoxy) is 1. The summed E-state index contributed by atoms with van der Waals surface area (Å²) in [6, 6.07) is 3.79. The Hall–Kier alpha value is -4.28. The number of rotatable bonds is 7. The second kappa shape index (κ2) is 10.1. The summed E-state index contributed by atoms with van der Waals surface area (Å²) in [5.74, 6) is -3.92. The van der Waals surface area contributed by atoms with E-state index in [-0.39, 0.29) is 22.4 Å². The standard InChI is InChI=1S/C23H21F2N3O6/c1-28-6-5-19(29)21(22(28)32)27-23(33)26-18(11-20(30)31)13-7-12(8-15(9-13)34-2)16-4-3-14(24)10-17(16)25/h3-10,18,21H,11H2,1-2H3,(H,30,31)(H2,26,27,33). The average molecular weight is 473 g/mol. The van der Waals surface area contributed by atoms with Gasteiger partial charge in [0.2, 0.25) is 0 Å². The van der Waals surface area contributed by atoms with E-state index in [1.165, 1.54) is 44.6 Å². The van der Waals surface area contributed by atoms with Gasteiger partial charge in [0.05, 0.1) is 19.6 Å². The SMILES string of the molecule is COc1cc(-c2ccc(F)cc2F)cc(C(CC(=O)O)NC(=O)NC2C(=O)C=CN(C)C2=O)c1. The van der Waals surface area contributed by atoms with Crippen LogP contribution < -0.4 is 15.4 Å². The fourth-order valence-electron chi connectivity index (χ4n) is 3.39. The Balaban J connectivity index is 1.92. The highest BCUT2D eigenvalue weighted by Gasteiger charge is 2.32. The summed E-state index contributed by atoms with van der Waals surface area (Å²) in [4.78, 5) is 49.4. The van der Waals surface area contributed by atoms with Crippen molar-refractivity contribution in [3.05, 3.63) is 65.9 Å². The molecule has 1 heterocycles. The van der Waals surface area contributed by atoms with Gasteiger partial charge in [0, 0.05) is 31.0 Å². The Morgan fingerprint density at radius 1 is 1.18 bits per heavy atom. The van der Waals surface area contributed by atoms with E-state index < -0.39 is 53.8 Å². The summed E-state index contributed by atoms with van der Waals surface area (Å²) in [6.45, 7) is 0. The molecule has 3 rings (SSSR count). The van der Waals surface area contributed by atoms with E-state index >= 15 is 0 Å². The summed E-state index contributed by atoms with van der Waals surface area (Å²) < 4.78 is 32.9. The Morgan fingerprint density at radius 3 is 2.56 bits per heavy atom. The van der Waals surface area contributed by atoms with Crippen molar-refractivity contribution in [2.75, 3.05) is 14.2 Å². The van der Waals surface area contributed by atoms with Crippen LogP contribution in [0.15, 0.2) is 48.7 Å². The molecule has 0 fully saturated rings. The van der Waals surface area contributed by atoms with Crippen LogP contribution in [0, 0.1) is 11.6 Å². The molecule has 2 aromatic carbocycles. The Bertz CT molecular complexity index is 1180. The van der Waals surface area contributed by atoms with Gasteiger partial charge in [-0.25, -0.2) is 13.6 Å². The number of hydrogen-bond acceptors (Lipinski definition) is 5. The molecule has 0 spiro atoms. The van der Waals surface area contributed by atoms with E-state index in [4.69, 9.17) is 4.74 Å². The number of benzene rings is 2. The van der Waals surface area contributed by atoms with Gasteiger partial charge in [0.1, 0.15) is 17.4 Å². The maximum atomic E-state index is 14.4. The minimum atomic E-state index is -1.46. The van der Waals surface area contributed by atoms with Gasteiger partial charge in [0.15, 0.2) is 11.8 Å². The molecule has 0 bridgehead atoms. The van der Waals surface area contributed by atoms with Gasteiger partial charge >= 0.3 is 12.0 Å². The predicted octanol–water partition coefficient (Wildman–Crippen LogP) is 2.38. The number of ketones is 1. The zero-order valence-corrected chi connectivity index (χ0v) is 18.2. The molecule has 9 nitrogen and oxygen atoms in total.